The van der Waals surface area contributed by atoms with Crippen molar-refractivity contribution in [3.05, 3.63) is 33.0 Å². The number of halogens is 3. The molecule has 19 heavy (non-hydrogen) atoms. The van der Waals surface area contributed by atoms with Gasteiger partial charge >= 0.3 is 12.0 Å². The summed E-state index contributed by atoms with van der Waals surface area (Å²) in [7, 11) is 0. The maximum atomic E-state index is 6.03. The molecular weight excluding hydrogens is 357 g/mol. The Hall–Kier alpha value is -1.11. The third-order valence-electron chi connectivity index (χ3n) is 1.94. The van der Waals surface area contributed by atoms with Crippen molar-refractivity contribution in [3.63, 3.8) is 0 Å². The SMILES string of the molecule is CCOc1nc(Cl)nc(Oc2ccc(Br)cc2Cl)n1. The van der Waals surface area contributed by atoms with Crippen molar-refractivity contribution in [2.45, 2.75) is 6.92 Å². The fourth-order valence-corrected chi connectivity index (χ4v) is 2.07. The highest BCUT2D eigenvalue weighted by atomic mass is 79.9. The molecular formula is C11H8BrCl2N3O2. The van der Waals surface area contributed by atoms with E-state index in [1.54, 1.807) is 18.2 Å². The lowest BCUT2D eigenvalue weighted by atomic mass is 10.3. The summed E-state index contributed by atoms with van der Waals surface area (Å²) >= 11 is 15.1. The summed E-state index contributed by atoms with van der Waals surface area (Å²) < 4.78 is 11.4. The molecule has 0 amide bonds. The number of ether oxygens (including phenoxy) is 2. The normalized spacial score (nSPS) is 10.3. The summed E-state index contributed by atoms with van der Waals surface area (Å²) in [4.78, 5) is 11.6. The van der Waals surface area contributed by atoms with Crippen LogP contribution in [-0.4, -0.2) is 21.6 Å². The second kappa shape index (κ2) is 6.36. The zero-order chi connectivity index (χ0) is 13.8. The lowest BCUT2D eigenvalue weighted by Gasteiger charge is -2.07. The monoisotopic (exact) mass is 363 g/mol. The van der Waals surface area contributed by atoms with Crippen molar-refractivity contribution in [1.82, 2.24) is 15.0 Å². The summed E-state index contributed by atoms with van der Waals surface area (Å²) in [6.45, 7) is 2.22. The molecule has 2 aromatic rings. The van der Waals surface area contributed by atoms with Crippen LogP contribution in [0.25, 0.3) is 0 Å². The molecule has 1 aromatic heterocycles. The fourth-order valence-electron chi connectivity index (χ4n) is 1.21. The number of hydrogen-bond acceptors (Lipinski definition) is 5. The second-order valence-electron chi connectivity index (χ2n) is 3.28. The van der Waals surface area contributed by atoms with Gasteiger partial charge in [-0.2, -0.15) is 9.97 Å². The van der Waals surface area contributed by atoms with E-state index in [2.05, 4.69) is 30.9 Å². The minimum Gasteiger partial charge on any atom is -0.464 e. The smallest absolute Gasteiger partial charge is 0.329 e. The molecule has 0 unspecified atom stereocenters. The van der Waals surface area contributed by atoms with Gasteiger partial charge < -0.3 is 9.47 Å². The largest absolute Gasteiger partial charge is 0.464 e. The van der Waals surface area contributed by atoms with Crippen LogP contribution in [-0.2, 0) is 0 Å². The summed E-state index contributed by atoms with van der Waals surface area (Å²) in [5, 5.41) is 0.408. The molecule has 0 aliphatic carbocycles. The Morgan fingerprint density at radius 1 is 1.16 bits per heavy atom. The Morgan fingerprint density at radius 2 is 1.89 bits per heavy atom. The fraction of sp³-hybridized carbons (Fsp3) is 0.182. The Kier molecular flexibility index (Phi) is 4.79. The van der Waals surface area contributed by atoms with Crippen LogP contribution < -0.4 is 9.47 Å². The number of benzene rings is 1. The molecule has 0 N–H and O–H groups in total. The van der Waals surface area contributed by atoms with Crippen LogP contribution in [0.4, 0.5) is 0 Å². The first kappa shape index (κ1) is 14.3. The molecule has 0 fully saturated rings. The lowest BCUT2D eigenvalue weighted by molar-refractivity contribution is 0.303. The van der Waals surface area contributed by atoms with Crippen molar-refractivity contribution in [2.75, 3.05) is 6.61 Å². The van der Waals surface area contributed by atoms with Gasteiger partial charge in [-0.25, -0.2) is 0 Å². The zero-order valence-electron chi connectivity index (χ0n) is 9.73. The van der Waals surface area contributed by atoms with Gasteiger partial charge in [-0.1, -0.05) is 27.5 Å². The van der Waals surface area contributed by atoms with Gasteiger partial charge in [-0.15, -0.1) is 4.98 Å². The predicted molar refractivity (Wildman–Crippen MR) is 75.2 cm³/mol. The lowest BCUT2D eigenvalue weighted by Crippen LogP contribution is -2.01. The maximum Gasteiger partial charge on any atom is 0.329 e. The standard InChI is InChI=1S/C11H8BrCl2N3O2/c1-2-18-10-15-9(14)16-11(17-10)19-8-4-3-6(12)5-7(8)13/h3-5H,2H2,1H3. The highest BCUT2D eigenvalue weighted by molar-refractivity contribution is 9.10. The quantitative estimate of drug-likeness (QED) is 0.816. The minimum absolute atomic E-state index is 0.0123. The van der Waals surface area contributed by atoms with Crippen molar-refractivity contribution in [2.24, 2.45) is 0 Å². The van der Waals surface area contributed by atoms with Crippen LogP contribution in [0.3, 0.4) is 0 Å². The molecule has 0 saturated carbocycles. The average molecular weight is 365 g/mol. The van der Waals surface area contributed by atoms with E-state index >= 15 is 0 Å². The van der Waals surface area contributed by atoms with E-state index in [1.165, 1.54) is 0 Å². The third-order valence-corrected chi connectivity index (χ3v) is 2.89. The van der Waals surface area contributed by atoms with Gasteiger partial charge in [0.25, 0.3) is 0 Å². The van der Waals surface area contributed by atoms with Crippen molar-refractivity contribution in [3.8, 4) is 17.8 Å². The van der Waals surface area contributed by atoms with Gasteiger partial charge in [0.1, 0.15) is 5.75 Å². The van der Waals surface area contributed by atoms with Crippen molar-refractivity contribution >= 4 is 39.1 Å². The van der Waals surface area contributed by atoms with Crippen molar-refractivity contribution in [1.29, 1.82) is 0 Å². The van der Waals surface area contributed by atoms with Crippen LogP contribution in [0, 0.1) is 0 Å². The molecule has 0 atom stereocenters. The molecule has 2 rings (SSSR count). The van der Waals surface area contributed by atoms with Gasteiger partial charge in [0.15, 0.2) is 0 Å². The van der Waals surface area contributed by atoms with E-state index < -0.39 is 0 Å². The molecule has 0 radical (unpaired) electrons. The molecule has 0 aliphatic rings. The topological polar surface area (TPSA) is 57.1 Å². The summed E-state index contributed by atoms with van der Waals surface area (Å²) in [5.74, 6) is 0.412. The number of nitrogens with zero attached hydrogens (tertiary/aromatic N) is 3. The molecule has 0 aliphatic heterocycles. The molecule has 1 aromatic carbocycles. The van der Waals surface area contributed by atoms with Crippen LogP contribution in [0.15, 0.2) is 22.7 Å². The van der Waals surface area contributed by atoms with E-state index in [1.807, 2.05) is 6.92 Å². The minimum atomic E-state index is -0.0123. The first-order valence-corrected chi connectivity index (χ1v) is 6.80. The summed E-state index contributed by atoms with van der Waals surface area (Å²) in [6.07, 6.45) is 0. The van der Waals surface area contributed by atoms with E-state index in [4.69, 9.17) is 32.7 Å². The number of aromatic nitrogens is 3. The van der Waals surface area contributed by atoms with Crippen LogP contribution >= 0.6 is 39.1 Å². The Labute approximate surface area is 128 Å². The molecule has 0 spiro atoms. The Morgan fingerprint density at radius 3 is 2.58 bits per heavy atom. The molecule has 5 nitrogen and oxygen atoms in total. The summed E-state index contributed by atoms with van der Waals surface area (Å²) in [6, 6.07) is 5.29. The molecule has 0 bridgehead atoms. The van der Waals surface area contributed by atoms with Gasteiger partial charge in [0.2, 0.25) is 5.28 Å². The molecule has 0 saturated heterocycles. The van der Waals surface area contributed by atoms with Crippen LogP contribution in [0.1, 0.15) is 6.92 Å². The van der Waals surface area contributed by atoms with Gasteiger partial charge in [-0.05, 0) is 36.7 Å². The number of hydrogen-bond donors (Lipinski definition) is 0. The second-order valence-corrected chi connectivity index (χ2v) is 4.94. The average Bonchev–Trinajstić information content (AvgIpc) is 2.32. The highest BCUT2D eigenvalue weighted by Crippen LogP contribution is 2.30. The van der Waals surface area contributed by atoms with E-state index in [0.29, 0.717) is 17.4 Å². The van der Waals surface area contributed by atoms with Gasteiger partial charge in [0.05, 0.1) is 11.6 Å². The van der Waals surface area contributed by atoms with E-state index in [0.717, 1.165) is 4.47 Å². The molecule has 1 heterocycles. The number of rotatable bonds is 4. The maximum absolute atomic E-state index is 6.03. The Balaban J connectivity index is 2.27. The van der Waals surface area contributed by atoms with Gasteiger partial charge in [0, 0.05) is 4.47 Å². The van der Waals surface area contributed by atoms with Crippen LogP contribution in [0.2, 0.25) is 10.3 Å². The highest BCUT2D eigenvalue weighted by Gasteiger charge is 2.10. The van der Waals surface area contributed by atoms with E-state index in [-0.39, 0.29) is 17.3 Å². The van der Waals surface area contributed by atoms with Crippen molar-refractivity contribution < 1.29 is 9.47 Å². The first-order valence-electron chi connectivity index (χ1n) is 5.25. The zero-order valence-corrected chi connectivity index (χ0v) is 12.8. The molecule has 100 valence electrons. The van der Waals surface area contributed by atoms with E-state index in [9.17, 15) is 0 Å². The molecule has 8 heteroatoms. The van der Waals surface area contributed by atoms with Gasteiger partial charge in [-0.3, -0.25) is 0 Å². The summed E-state index contributed by atoms with van der Waals surface area (Å²) in [5.41, 5.74) is 0. The third kappa shape index (κ3) is 3.92. The predicted octanol–water partition coefficient (Wildman–Crippen LogP) is 4.13. The van der Waals surface area contributed by atoms with Crippen LogP contribution in [0.5, 0.6) is 17.8 Å². The Bertz CT molecular complexity index is 598. The first-order chi connectivity index (χ1) is 9.08.